The van der Waals surface area contributed by atoms with E-state index >= 15 is 0 Å². The molecule has 0 amide bonds. The van der Waals surface area contributed by atoms with Gasteiger partial charge < -0.3 is 0 Å². The van der Waals surface area contributed by atoms with E-state index in [-0.39, 0.29) is 10.7 Å². The molecule has 0 spiro atoms. The normalized spacial score (nSPS) is 11.7. The third-order valence-corrected chi connectivity index (χ3v) is 6.86. The van der Waals surface area contributed by atoms with Crippen LogP contribution in [-0.2, 0) is 10.0 Å². The zero-order valence-electron chi connectivity index (χ0n) is 14.6. The number of rotatable bonds is 4. The average molecular weight is 432 g/mol. The second kappa shape index (κ2) is 7.17. The summed E-state index contributed by atoms with van der Waals surface area (Å²) in [4.78, 5) is 10.1. The number of hydrogen-bond acceptors (Lipinski definition) is 6. The van der Waals surface area contributed by atoms with Gasteiger partial charge >= 0.3 is 0 Å². The molecule has 4 rings (SSSR count). The number of primary sulfonamides is 1. The molecule has 2 aromatic carbocycles. The fourth-order valence-electron chi connectivity index (χ4n) is 2.69. The van der Waals surface area contributed by atoms with Gasteiger partial charge in [0, 0.05) is 10.9 Å². The summed E-state index contributed by atoms with van der Waals surface area (Å²) in [7, 11) is -3.77. The van der Waals surface area contributed by atoms with Gasteiger partial charge in [-0.15, -0.1) is 22.7 Å². The van der Waals surface area contributed by atoms with E-state index in [0.717, 1.165) is 31.7 Å². The summed E-state index contributed by atoms with van der Waals surface area (Å²) in [5, 5.41) is 8.81. The Kier molecular flexibility index (Phi) is 4.84. The predicted molar refractivity (Wildman–Crippen MR) is 110 cm³/mol. The maximum absolute atomic E-state index is 13.4. The highest BCUT2D eigenvalue weighted by Gasteiger charge is 2.18. The van der Waals surface area contributed by atoms with Crippen LogP contribution in [0, 0.1) is 12.7 Å². The first kappa shape index (κ1) is 18.9. The topological polar surface area (TPSA) is 85.9 Å². The van der Waals surface area contributed by atoms with Gasteiger partial charge in [-0.3, -0.25) is 0 Å². The van der Waals surface area contributed by atoms with Crippen LogP contribution in [0.1, 0.15) is 5.01 Å². The van der Waals surface area contributed by atoms with Crippen molar-refractivity contribution in [2.45, 2.75) is 11.8 Å². The third-order valence-electron chi connectivity index (χ3n) is 4.03. The van der Waals surface area contributed by atoms with Crippen LogP contribution in [0.3, 0.4) is 0 Å². The first-order valence-electron chi connectivity index (χ1n) is 8.14. The number of nitrogens with zero attached hydrogens (tertiary/aromatic N) is 2. The number of thiazole rings is 2. The summed E-state index contributed by atoms with van der Waals surface area (Å²) < 4.78 is 36.4. The van der Waals surface area contributed by atoms with E-state index in [9.17, 15) is 12.8 Å². The van der Waals surface area contributed by atoms with Gasteiger partial charge in [0.1, 0.15) is 16.5 Å². The molecule has 0 radical (unpaired) electrons. The second-order valence-electron chi connectivity index (χ2n) is 6.02. The molecule has 0 saturated heterocycles. The van der Waals surface area contributed by atoms with Crippen molar-refractivity contribution in [1.29, 1.82) is 0 Å². The number of sulfonamides is 1. The SMILES string of the molecule is Cc1nc(-c2nc(-c3ccc(F)cc3)c(-c3ccc(S(N)(=O)=O)cc3)s2)cs1. The van der Waals surface area contributed by atoms with E-state index < -0.39 is 10.0 Å². The van der Waals surface area contributed by atoms with Gasteiger partial charge in [-0.25, -0.2) is 27.9 Å². The fraction of sp³-hybridized carbons (Fsp3) is 0.0526. The summed E-state index contributed by atoms with van der Waals surface area (Å²) in [6.07, 6.45) is 0. The zero-order chi connectivity index (χ0) is 19.9. The number of hydrogen-bond donors (Lipinski definition) is 1. The molecule has 4 aromatic rings. The number of benzene rings is 2. The molecule has 5 nitrogen and oxygen atoms in total. The highest BCUT2D eigenvalue weighted by atomic mass is 32.2. The van der Waals surface area contributed by atoms with Crippen LogP contribution in [0.5, 0.6) is 0 Å². The zero-order valence-corrected chi connectivity index (χ0v) is 17.0. The maximum atomic E-state index is 13.4. The maximum Gasteiger partial charge on any atom is 0.238 e. The van der Waals surface area contributed by atoms with Crippen molar-refractivity contribution in [3.8, 4) is 32.4 Å². The van der Waals surface area contributed by atoms with E-state index in [1.165, 1.54) is 46.9 Å². The van der Waals surface area contributed by atoms with Gasteiger partial charge in [0.15, 0.2) is 0 Å². The van der Waals surface area contributed by atoms with Crippen molar-refractivity contribution in [2.75, 3.05) is 0 Å². The smallest absolute Gasteiger partial charge is 0.238 e. The Hall–Kier alpha value is -2.46. The van der Waals surface area contributed by atoms with Crippen molar-refractivity contribution in [3.05, 3.63) is 64.7 Å². The molecule has 2 N–H and O–H groups in total. The Balaban J connectivity index is 1.87. The van der Waals surface area contributed by atoms with E-state index in [4.69, 9.17) is 10.1 Å². The van der Waals surface area contributed by atoms with Gasteiger partial charge in [-0.1, -0.05) is 12.1 Å². The minimum absolute atomic E-state index is 0.0412. The van der Waals surface area contributed by atoms with E-state index in [2.05, 4.69) is 4.98 Å². The van der Waals surface area contributed by atoms with Gasteiger partial charge in [-0.2, -0.15) is 0 Å². The first-order chi connectivity index (χ1) is 13.3. The van der Waals surface area contributed by atoms with Crippen molar-refractivity contribution >= 4 is 32.7 Å². The molecule has 0 saturated carbocycles. The van der Waals surface area contributed by atoms with Crippen molar-refractivity contribution in [2.24, 2.45) is 5.14 Å². The Morgan fingerprint density at radius 2 is 1.61 bits per heavy atom. The molecular formula is C19H14FN3O2S3. The van der Waals surface area contributed by atoms with Gasteiger partial charge in [0.2, 0.25) is 10.0 Å². The van der Waals surface area contributed by atoms with Crippen molar-refractivity contribution in [3.63, 3.8) is 0 Å². The van der Waals surface area contributed by atoms with Crippen LogP contribution in [0.25, 0.3) is 32.4 Å². The van der Waals surface area contributed by atoms with Crippen LogP contribution in [0.15, 0.2) is 58.8 Å². The number of aromatic nitrogens is 2. The molecule has 28 heavy (non-hydrogen) atoms. The Morgan fingerprint density at radius 3 is 2.18 bits per heavy atom. The van der Waals surface area contributed by atoms with Crippen LogP contribution in [-0.4, -0.2) is 18.4 Å². The molecule has 0 atom stereocenters. The molecule has 0 bridgehead atoms. The fourth-order valence-corrected chi connectivity index (χ4v) is 4.93. The quantitative estimate of drug-likeness (QED) is 0.508. The molecular weight excluding hydrogens is 417 g/mol. The largest absolute Gasteiger partial charge is 0.239 e. The van der Waals surface area contributed by atoms with Gasteiger partial charge in [0.25, 0.3) is 0 Å². The standard InChI is InChI=1S/C19H14FN3O2S3/c1-11-22-16(10-26-11)19-23-17(12-2-6-14(20)7-3-12)18(27-19)13-4-8-15(9-5-13)28(21,24)25/h2-10H,1H3,(H2,21,24,25). The number of aryl methyl sites for hydroxylation is 1. The predicted octanol–water partition coefficient (Wildman–Crippen LogP) is 4.70. The van der Waals surface area contributed by atoms with Crippen molar-refractivity contribution in [1.82, 2.24) is 9.97 Å². The van der Waals surface area contributed by atoms with Crippen LogP contribution >= 0.6 is 22.7 Å². The monoisotopic (exact) mass is 431 g/mol. The molecule has 0 fully saturated rings. The third kappa shape index (κ3) is 3.74. The van der Waals surface area contributed by atoms with Gasteiger partial charge in [-0.05, 0) is 48.9 Å². The van der Waals surface area contributed by atoms with Gasteiger partial charge in [0.05, 0.1) is 20.5 Å². The summed E-state index contributed by atoms with van der Waals surface area (Å²) >= 11 is 2.99. The summed E-state index contributed by atoms with van der Waals surface area (Å²) in [6.45, 7) is 1.93. The molecule has 0 aliphatic carbocycles. The molecule has 0 unspecified atom stereocenters. The first-order valence-corrected chi connectivity index (χ1v) is 11.4. The lowest BCUT2D eigenvalue weighted by molar-refractivity contribution is 0.598. The Bertz CT molecular complexity index is 1240. The van der Waals surface area contributed by atoms with Crippen molar-refractivity contribution < 1.29 is 12.8 Å². The average Bonchev–Trinajstić information content (AvgIpc) is 3.28. The lowest BCUT2D eigenvalue weighted by Crippen LogP contribution is -2.11. The molecule has 142 valence electrons. The lowest BCUT2D eigenvalue weighted by atomic mass is 10.1. The van der Waals surface area contributed by atoms with Crippen LogP contribution in [0.2, 0.25) is 0 Å². The summed E-state index contributed by atoms with van der Waals surface area (Å²) in [6, 6.07) is 12.4. The summed E-state index contributed by atoms with van der Waals surface area (Å²) in [5.41, 5.74) is 3.03. The minimum Gasteiger partial charge on any atom is -0.239 e. The lowest BCUT2D eigenvalue weighted by Gasteiger charge is -2.04. The summed E-state index contributed by atoms with van der Waals surface area (Å²) in [5.74, 6) is -0.326. The minimum atomic E-state index is -3.77. The number of halogens is 1. The molecule has 0 aliphatic rings. The second-order valence-corrected chi connectivity index (χ2v) is 9.65. The van der Waals surface area contributed by atoms with E-state index in [1.807, 2.05) is 12.3 Å². The number of nitrogens with two attached hydrogens (primary N) is 1. The van der Waals surface area contributed by atoms with E-state index in [1.54, 1.807) is 24.3 Å². The molecule has 0 aliphatic heterocycles. The molecule has 2 aromatic heterocycles. The highest BCUT2D eigenvalue weighted by Crippen LogP contribution is 2.40. The van der Waals surface area contributed by atoms with Crippen LogP contribution < -0.4 is 5.14 Å². The highest BCUT2D eigenvalue weighted by molar-refractivity contribution is 7.89. The molecule has 2 heterocycles. The Labute approximate surface area is 169 Å². The molecule has 9 heteroatoms. The van der Waals surface area contributed by atoms with Crippen LogP contribution in [0.4, 0.5) is 4.39 Å². The van der Waals surface area contributed by atoms with E-state index in [0.29, 0.717) is 5.69 Å². The Morgan fingerprint density at radius 1 is 0.964 bits per heavy atom.